The maximum Gasteiger partial charge on any atom is 0.215 e. The van der Waals surface area contributed by atoms with Crippen molar-refractivity contribution in [3.8, 4) is 5.75 Å². The Labute approximate surface area is 221 Å². The molecule has 1 unspecified atom stereocenters. The van der Waals surface area contributed by atoms with Gasteiger partial charge in [0.2, 0.25) is 5.69 Å². The highest BCUT2D eigenvalue weighted by molar-refractivity contribution is 5.83. The van der Waals surface area contributed by atoms with Crippen LogP contribution in [0.1, 0.15) is 94.5 Å². The molecule has 1 aromatic heterocycles. The lowest BCUT2D eigenvalue weighted by molar-refractivity contribution is -0.674. The molecule has 2 heterocycles. The van der Waals surface area contributed by atoms with Crippen molar-refractivity contribution in [2.75, 3.05) is 6.61 Å². The minimum atomic E-state index is -0.999. The zero-order chi connectivity index (χ0) is 26.2. The molecule has 1 fully saturated rings. The third-order valence-corrected chi connectivity index (χ3v) is 8.79. The molecule has 1 aromatic carbocycles. The van der Waals surface area contributed by atoms with Crippen LogP contribution in [0.5, 0.6) is 5.75 Å². The van der Waals surface area contributed by atoms with Crippen LogP contribution in [0, 0.1) is 5.92 Å². The van der Waals surface area contributed by atoms with E-state index in [1.807, 2.05) is 12.1 Å². The number of hydrogen-bond acceptors (Lipinski definition) is 2. The molecule has 1 N–H and O–H groups in total. The Morgan fingerprint density at radius 1 is 1.08 bits per heavy atom. The molecule has 0 spiro atoms. The third-order valence-electron chi connectivity index (χ3n) is 8.79. The summed E-state index contributed by atoms with van der Waals surface area (Å²) >= 11 is 0. The number of phenolic OH excluding ortho intramolecular Hbond substituents is 1. The summed E-state index contributed by atoms with van der Waals surface area (Å²) in [5.41, 5.74) is 8.53. The number of ether oxygens (including phenoxy) is 1. The average Bonchev–Trinajstić information content (AvgIpc) is 3.06. The maximum absolute atomic E-state index is 15.5. The molecular weight excluding hydrogens is 461 g/mol. The van der Waals surface area contributed by atoms with Gasteiger partial charge in [-0.2, -0.15) is 0 Å². The van der Waals surface area contributed by atoms with E-state index in [9.17, 15) is 5.11 Å². The topological polar surface area (TPSA) is 33.3 Å². The Kier molecular flexibility index (Phi) is 7.29. The van der Waals surface area contributed by atoms with Gasteiger partial charge in [0.1, 0.15) is 30.8 Å². The Morgan fingerprint density at radius 3 is 2.62 bits per heavy atom. The second kappa shape index (κ2) is 10.5. The van der Waals surface area contributed by atoms with E-state index < -0.39 is 5.67 Å². The van der Waals surface area contributed by atoms with Crippen molar-refractivity contribution in [1.29, 1.82) is 0 Å². The van der Waals surface area contributed by atoms with Gasteiger partial charge >= 0.3 is 0 Å². The van der Waals surface area contributed by atoms with E-state index in [-0.39, 0.29) is 5.75 Å². The smallest absolute Gasteiger partial charge is 0.215 e. The summed E-state index contributed by atoms with van der Waals surface area (Å²) in [5.74, 6) is 1.53. The van der Waals surface area contributed by atoms with E-state index in [1.54, 1.807) is 6.07 Å². The lowest BCUT2D eigenvalue weighted by Crippen LogP contribution is -2.35. The number of fused-ring (bicyclic) bond motifs is 1. The van der Waals surface area contributed by atoms with Crippen LogP contribution in [-0.2, 0) is 18.2 Å². The van der Waals surface area contributed by atoms with E-state index >= 15 is 4.39 Å². The summed E-state index contributed by atoms with van der Waals surface area (Å²) in [4.78, 5) is 0. The minimum Gasteiger partial charge on any atom is -0.508 e. The highest BCUT2D eigenvalue weighted by Gasteiger charge is 2.33. The molecule has 3 aliphatic rings. The number of hydrogen-bond donors (Lipinski definition) is 1. The summed E-state index contributed by atoms with van der Waals surface area (Å²) < 4.78 is 23.7. The summed E-state index contributed by atoms with van der Waals surface area (Å²) in [7, 11) is 2.11. The molecule has 2 aliphatic carbocycles. The van der Waals surface area contributed by atoms with Crippen molar-refractivity contribution in [2.24, 2.45) is 13.0 Å². The molecule has 196 valence electrons. The van der Waals surface area contributed by atoms with Gasteiger partial charge in [0.25, 0.3) is 0 Å². The number of pyridine rings is 1. The molecule has 5 rings (SSSR count). The van der Waals surface area contributed by atoms with E-state index in [0.717, 1.165) is 49.0 Å². The average molecular weight is 503 g/mol. The zero-order valence-electron chi connectivity index (χ0n) is 22.9. The van der Waals surface area contributed by atoms with E-state index in [0.29, 0.717) is 31.8 Å². The van der Waals surface area contributed by atoms with Crippen molar-refractivity contribution >= 4 is 11.1 Å². The summed E-state index contributed by atoms with van der Waals surface area (Å²) in [6.07, 6.45) is 12.6. The second-order valence-corrected chi connectivity index (χ2v) is 11.5. The lowest BCUT2D eigenvalue weighted by Gasteiger charge is -2.30. The lowest BCUT2D eigenvalue weighted by atomic mass is 9.80. The highest BCUT2D eigenvalue weighted by atomic mass is 19.1. The van der Waals surface area contributed by atoms with Crippen LogP contribution in [0.4, 0.5) is 4.39 Å². The van der Waals surface area contributed by atoms with Crippen LogP contribution in [0.15, 0.2) is 59.5 Å². The monoisotopic (exact) mass is 502 g/mol. The van der Waals surface area contributed by atoms with Crippen molar-refractivity contribution < 1.29 is 18.8 Å². The quantitative estimate of drug-likeness (QED) is 0.424. The number of benzene rings is 1. The first-order valence-corrected chi connectivity index (χ1v) is 14.0. The Balaban J connectivity index is 1.55. The van der Waals surface area contributed by atoms with Gasteiger partial charge in [-0.05, 0) is 100 Å². The fraction of sp³-hybridized carbons (Fsp3) is 0.485. The van der Waals surface area contributed by atoms with Crippen LogP contribution in [0.2, 0.25) is 0 Å². The molecule has 4 heteroatoms. The largest absolute Gasteiger partial charge is 0.508 e. The third kappa shape index (κ3) is 5.39. The molecule has 0 saturated heterocycles. The summed E-state index contributed by atoms with van der Waals surface area (Å²) in [5, 5.41) is 10.3. The van der Waals surface area contributed by atoms with Crippen LogP contribution >= 0.6 is 0 Å². The molecule has 1 atom stereocenters. The van der Waals surface area contributed by atoms with E-state index in [2.05, 4.69) is 56.8 Å². The number of allylic oxidation sites excluding steroid dienone is 4. The van der Waals surface area contributed by atoms with Gasteiger partial charge in [-0.15, -0.1) is 0 Å². The number of alkyl halides is 1. The molecule has 0 amide bonds. The number of aromatic nitrogens is 1. The number of nitrogens with zero attached hydrogens (tertiary/aromatic N) is 1. The predicted octanol–water partition coefficient (Wildman–Crippen LogP) is 7.76. The Hall–Kier alpha value is -2.88. The van der Waals surface area contributed by atoms with Crippen molar-refractivity contribution in [2.45, 2.75) is 84.2 Å². The van der Waals surface area contributed by atoms with Gasteiger partial charge in [0.15, 0.2) is 6.20 Å². The van der Waals surface area contributed by atoms with Gasteiger partial charge in [-0.1, -0.05) is 37.5 Å². The predicted molar refractivity (Wildman–Crippen MR) is 148 cm³/mol. The molecule has 0 bridgehead atoms. The first kappa shape index (κ1) is 25.8. The number of rotatable bonds is 5. The number of aryl methyl sites for hydroxylation is 2. The van der Waals surface area contributed by atoms with Crippen LogP contribution in [0.25, 0.3) is 11.1 Å². The molecular formula is C33H41FNO2+. The van der Waals surface area contributed by atoms with E-state index in [1.165, 1.54) is 40.0 Å². The van der Waals surface area contributed by atoms with Gasteiger partial charge in [-0.25, -0.2) is 8.96 Å². The first-order valence-electron chi connectivity index (χ1n) is 14.0. The normalized spacial score (nSPS) is 21.8. The number of aromatic hydroxyl groups is 1. The number of phenols is 1. The van der Waals surface area contributed by atoms with Gasteiger partial charge in [0, 0.05) is 16.7 Å². The molecule has 1 aliphatic heterocycles. The van der Waals surface area contributed by atoms with E-state index in [4.69, 9.17) is 4.74 Å². The first-order chi connectivity index (χ1) is 17.7. The van der Waals surface area contributed by atoms with Gasteiger partial charge < -0.3 is 9.84 Å². The van der Waals surface area contributed by atoms with Crippen molar-refractivity contribution in [1.82, 2.24) is 0 Å². The fourth-order valence-corrected chi connectivity index (χ4v) is 6.53. The summed E-state index contributed by atoms with van der Waals surface area (Å²) in [6.45, 7) is 7.04. The fourth-order valence-electron chi connectivity index (χ4n) is 6.53. The van der Waals surface area contributed by atoms with Gasteiger partial charge in [0.05, 0.1) is 5.57 Å². The number of halogens is 1. The molecule has 1 saturated carbocycles. The Morgan fingerprint density at radius 2 is 1.86 bits per heavy atom. The highest BCUT2D eigenvalue weighted by Crippen LogP contribution is 2.40. The Bertz CT molecular complexity index is 1280. The van der Waals surface area contributed by atoms with Crippen molar-refractivity contribution in [3.05, 3.63) is 81.9 Å². The summed E-state index contributed by atoms with van der Waals surface area (Å²) in [6, 6.07) is 9.87. The van der Waals surface area contributed by atoms with Crippen LogP contribution < -0.4 is 4.57 Å². The van der Waals surface area contributed by atoms with Crippen molar-refractivity contribution in [3.63, 3.8) is 0 Å². The SMILES string of the molecule is CC1=C(C)C(c2cc3c([n+](C)c2)C(c2cccc(O)c2)=CC(CCC2(F)CCCCC2)CC3)=C(C)OC1. The maximum atomic E-state index is 15.5. The zero-order valence-corrected chi connectivity index (χ0v) is 22.9. The van der Waals surface area contributed by atoms with Crippen LogP contribution in [-0.4, -0.2) is 17.4 Å². The second-order valence-electron chi connectivity index (χ2n) is 11.5. The van der Waals surface area contributed by atoms with Crippen LogP contribution in [0.3, 0.4) is 0 Å². The standard InChI is InChI=1S/C33H40FNO2/c1-22-21-37-24(3)31(23(22)2)28-18-27-12-11-25(13-16-33(34)14-6-5-7-15-33)17-30(32(27)35(4)20-28)26-9-8-10-29(36)19-26/h8-10,17-20,25H,5-7,11-16,21H2,1-4H3/p+1. The van der Waals surface area contributed by atoms with Gasteiger partial charge in [-0.3, -0.25) is 0 Å². The molecule has 0 radical (unpaired) electrons. The minimum absolute atomic E-state index is 0.265. The molecule has 2 aromatic rings. The molecule has 37 heavy (non-hydrogen) atoms. The molecule has 3 nitrogen and oxygen atoms in total.